The maximum Gasteiger partial charge on any atom is 0.134 e. The second kappa shape index (κ2) is 4.66. The molecular formula is C12H13BrN4S. The van der Waals surface area contributed by atoms with Crippen LogP contribution < -0.4 is 0 Å². The highest BCUT2D eigenvalue weighted by molar-refractivity contribution is 9.10. The lowest BCUT2D eigenvalue weighted by Crippen LogP contribution is -1.96. The van der Waals surface area contributed by atoms with E-state index in [1.165, 1.54) is 12.8 Å². The maximum atomic E-state index is 4.62. The van der Waals surface area contributed by atoms with Crippen molar-refractivity contribution in [2.75, 3.05) is 0 Å². The first-order chi connectivity index (χ1) is 8.61. The van der Waals surface area contributed by atoms with Gasteiger partial charge in [0, 0.05) is 19.0 Å². The topological polar surface area (TPSA) is 43.6 Å². The molecule has 1 saturated carbocycles. The lowest BCUT2D eigenvalue weighted by molar-refractivity contribution is 0.691. The highest BCUT2D eigenvalue weighted by Gasteiger charge is 2.27. The molecule has 18 heavy (non-hydrogen) atoms. The maximum absolute atomic E-state index is 4.62. The van der Waals surface area contributed by atoms with Gasteiger partial charge in [0.1, 0.15) is 20.5 Å². The standard InChI is InChI=1S/C12H13BrN4S/c1-7-5-11(17(2)16-7)18-10-6-9(13)14-12(15-10)8-3-4-8/h5-6,8H,3-4H2,1-2H3. The molecule has 1 fully saturated rings. The normalized spacial score (nSPS) is 15.1. The van der Waals surface area contributed by atoms with Gasteiger partial charge in [0.15, 0.2) is 0 Å². The number of halogens is 1. The molecule has 6 heteroatoms. The van der Waals surface area contributed by atoms with E-state index in [0.29, 0.717) is 5.92 Å². The van der Waals surface area contributed by atoms with E-state index in [0.717, 1.165) is 26.2 Å². The van der Waals surface area contributed by atoms with Crippen molar-refractivity contribution in [3.63, 3.8) is 0 Å². The molecule has 4 nitrogen and oxygen atoms in total. The molecule has 2 aromatic heterocycles. The molecule has 1 aliphatic carbocycles. The minimum atomic E-state index is 0.565. The first kappa shape index (κ1) is 12.2. The van der Waals surface area contributed by atoms with Gasteiger partial charge in [-0.3, -0.25) is 4.68 Å². The second-order valence-electron chi connectivity index (χ2n) is 4.51. The molecule has 0 amide bonds. The molecule has 0 bridgehead atoms. The van der Waals surface area contributed by atoms with Gasteiger partial charge < -0.3 is 0 Å². The van der Waals surface area contributed by atoms with Gasteiger partial charge in [-0.1, -0.05) is 11.8 Å². The molecule has 0 aromatic carbocycles. The van der Waals surface area contributed by atoms with Gasteiger partial charge >= 0.3 is 0 Å². The van der Waals surface area contributed by atoms with E-state index in [4.69, 9.17) is 0 Å². The Bertz CT molecular complexity index is 592. The van der Waals surface area contributed by atoms with Crippen LogP contribution in [0.4, 0.5) is 0 Å². The smallest absolute Gasteiger partial charge is 0.134 e. The van der Waals surface area contributed by atoms with Crippen LogP contribution in [0.3, 0.4) is 0 Å². The summed E-state index contributed by atoms with van der Waals surface area (Å²) in [7, 11) is 1.95. The van der Waals surface area contributed by atoms with E-state index >= 15 is 0 Å². The van der Waals surface area contributed by atoms with Crippen molar-refractivity contribution in [3.8, 4) is 0 Å². The number of hydrogen-bond donors (Lipinski definition) is 0. The predicted octanol–water partition coefficient (Wildman–Crippen LogP) is 3.31. The van der Waals surface area contributed by atoms with Crippen LogP contribution in [0.25, 0.3) is 0 Å². The third-order valence-corrected chi connectivity index (χ3v) is 4.22. The van der Waals surface area contributed by atoms with Crippen LogP contribution in [0.15, 0.2) is 26.8 Å². The van der Waals surface area contributed by atoms with Crippen LogP contribution in [0.5, 0.6) is 0 Å². The zero-order chi connectivity index (χ0) is 12.7. The van der Waals surface area contributed by atoms with Gasteiger partial charge in [0.25, 0.3) is 0 Å². The van der Waals surface area contributed by atoms with Gasteiger partial charge in [-0.15, -0.1) is 0 Å². The fourth-order valence-electron chi connectivity index (χ4n) is 1.78. The summed E-state index contributed by atoms with van der Waals surface area (Å²) >= 11 is 5.09. The van der Waals surface area contributed by atoms with Crippen molar-refractivity contribution in [2.24, 2.45) is 7.05 Å². The average molecular weight is 325 g/mol. The van der Waals surface area contributed by atoms with Crippen LogP contribution in [-0.4, -0.2) is 19.7 Å². The molecule has 0 unspecified atom stereocenters. The highest BCUT2D eigenvalue weighted by atomic mass is 79.9. The summed E-state index contributed by atoms with van der Waals surface area (Å²) in [6.45, 7) is 2.00. The summed E-state index contributed by atoms with van der Waals surface area (Å²) in [4.78, 5) is 9.06. The fraction of sp³-hybridized carbons (Fsp3) is 0.417. The summed E-state index contributed by atoms with van der Waals surface area (Å²) in [5, 5.41) is 6.41. The Balaban J connectivity index is 1.89. The molecule has 0 aliphatic heterocycles. The number of aromatic nitrogens is 4. The molecular weight excluding hydrogens is 312 g/mol. The van der Waals surface area contributed by atoms with E-state index in [1.807, 2.05) is 24.7 Å². The van der Waals surface area contributed by atoms with Crippen LogP contribution in [0.2, 0.25) is 0 Å². The number of hydrogen-bond acceptors (Lipinski definition) is 4. The Morgan fingerprint density at radius 2 is 2.11 bits per heavy atom. The van der Waals surface area contributed by atoms with Crippen molar-refractivity contribution < 1.29 is 0 Å². The highest BCUT2D eigenvalue weighted by Crippen LogP contribution is 2.39. The Hall–Kier alpha value is -0.880. The van der Waals surface area contributed by atoms with Gasteiger partial charge in [-0.05, 0) is 41.8 Å². The molecule has 0 radical (unpaired) electrons. The van der Waals surface area contributed by atoms with Crippen LogP contribution in [0, 0.1) is 6.92 Å². The summed E-state index contributed by atoms with van der Waals surface area (Å²) in [6, 6.07) is 4.02. The predicted molar refractivity (Wildman–Crippen MR) is 73.8 cm³/mol. The molecule has 3 rings (SSSR count). The monoisotopic (exact) mass is 324 g/mol. The third-order valence-electron chi connectivity index (χ3n) is 2.80. The van der Waals surface area contributed by atoms with Crippen LogP contribution >= 0.6 is 27.7 Å². The van der Waals surface area contributed by atoms with E-state index < -0.39 is 0 Å². The van der Waals surface area contributed by atoms with Crippen molar-refractivity contribution >= 4 is 27.7 Å². The number of aryl methyl sites for hydroxylation is 2. The molecule has 0 atom stereocenters. The van der Waals surface area contributed by atoms with Gasteiger partial charge in [-0.2, -0.15) is 5.10 Å². The quantitative estimate of drug-likeness (QED) is 0.812. The van der Waals surface area contributed by atoms with Gasteiger partial charge in [0.05, 0.1) is 5.69 Å². The minimum absolute atomic E-state index is 0.565. The average Bonchev–Trinajstić information content (AvgIpc) is 3.06. The lowest BCUT2D eigenvalue weighted by atomic mass is 10.4. The summed E-state index contributed by atoms with van der Waals surface area (Å²) < 4.78 is 2.74. The van der Waals surface area contributed by atoms with Crippen molar-refractivity contribution in [3.05, 3.63) is 28.3 Å². The van der Waals surface area contributed by atoms with Crippen molar-refractivity contribution in [1.82, 2.24) is 19.7 Å². The van der Waals surface area contributed by atoms with E-state index in [1.54, 1.807) is 11.8 Å². The Kier molecular flexibility index (Phi) is 3.15. The summed E-state index contributed by atoms with van der Waals surface area (Å²) in [6.07, 6.45) is 2.43. The zero-order valence-corrected chi connectivity index (χ0v) is 12.6. The Labute approximate surface area is 118 Å². The zero-order valence-electron chi connectivity index (χ0n) is 10.2. The van der Waals surface area contributed by atoms with Crippen LogP contribution in [-0.2, 0) is 7.05 Å². The Morgan fingerprint density at radius 1 is 1.33 bits per heavy atom. The Morgan fingerprint density at radius 3 is 2.72 bits per heavy atom. The molecule has 0 saturated heterocycles. The van der Waals surface area contributed by atoms with E-state index in [2.05, 4.69) is 37.1 Å². The van der Waals surface area contributed by atoms with E-state index in [-0.39, 0.29) is 0 Å². The fourth-order valence-corrected chi connectivity index (χ4v) is 3.26. The first-order valence-electron chi connectivity index (χ1n) is 5.85. The second-order valence-corrected chi connectivity index (χ2v) is 6.36. The molecule has 0 spiro atoms. The molecule has 94 valence electrons. The lowest BCUT2D eigenvalue weighted by Gasteiger charge is -2.04. The molecule has 1 aliphatic rings. The first-order valence-corrected chi connectivity index (χ1v) is 7.46. The molecule has 2 aromatic rings. The largest absolute Gasteiger partial charge is 0.261 e. The van der Waals surface area contributed by atoms with Gasteiger partial charge in [0.2, 0.25) is 0 Å². The third kappa shape index (κ3) is 2.59. The summed E-state index contributed by atoms with van der Waals surface area (Å²) in [5.41, 5.74) is 1.02. The summed E-state index contributed by atoms with van der Waals surface area (Å²) in [5.74, 6) is 1.53. The van der Waals surface area contributed by atoms with Crippen molar-refractivity contribution in [1.29, 1.82) is 0 Å². The minimum Gasteiger partial charge on any atom is -0.261 e. The van der Waals surface area contributed by atoms with Crippen molar-refractivity contribution in [2.45, 2.75) is 35.7 Å². The number of rotatable bonds is 3. The van der Waals surface area contributed by atoms with E-state index in [9.17, 15) is 0 Å². The molecule has 2 heterocycles. The van der Waals surface area contributed by atoms with Crippen LogP contribution in [0.1, 0.15) is 30.3 Å². The number of nitrogens with zero attached hydrogens (tertiary/aromatic N) is 4. The van der Waals surface area contributed by atoms with Gasteiger partial charge in [-0.25, -0.2) is 9.97 Å². The molecule has 0 N–H and O–H groups in total. The SMILES string of the molecule is Cc1cc(Sc2cc(Br)nc(C3CC3)n2)n(C)n1.